The maximum Gasteiger partial charge on any atom is 0.573 e. The van der Waals surface area contributed by atoms with Crippen LogP contribution in [-0.4, -0.2) is 6.36 Å². The molecule has 0 spiro atoms. The lowest BCUT2D eigenvalue weighted by Crippen LogP contribution is -2.16. The topological polar surface area (TPSA) is 18.5 Å². The summed E-state index contributed by atoms with van der Waals surface area (Å²) < 4.78 is 76.7. The Kier molecular flexibility index (Phi) is 8.17. The summed E-state index contributed by atoms with van der Waals surface area (Å²) in [6.45, 7) is 2.20. The smallest absolute Gasteiger partial charge is 0.454 e. The number of benzene rings is 3. The van der Waals surface area contributed by atoms with E-state index >= 15 is 8.78 Å². The first-order chi connectivity index (χ1) is 17.2. The largest absolute Gasteiger partial charge is 0.573 e. The summed E-state index contributed by atoms with van der Waals surface area (Å²) in [5.74, 6) is -0.634. The van der Waals surface area contributed by atoms with E-state index in [9.17, 15) is 13.2 Å². The Morgan fingerprint density at radius 2 is 1.53 bits per heavy atom. The van der Waals surface area contributed by atoms with Gasteiger partial charge in [0.2, 0.25) is 0 Å². The maximum absolute atomic E-state index is 15.3. The van der Waals surface area contributed by atoms with E-state index in [1.54, 1.807) is 12.1 Å². The number of unbranched alkanes of at least 4 members (excludes halogenated alkanes) is 1. The second kappa shape index (κ2) is 11.3. The molecule has 3 aromatic rings. The molecule has 0 heterocycles. The third-order valence-electron chi connectivity index (χ3n) is 6.82. The third kappa shape index (κ3) is 6.56. The van der Waals surface area contributed by atoms with Gasteiger partial charge >= 0.3 is 6.36 Å². The molecule has 1 fully saturated rings. The molecule has 0 unspecified atom stereocenters. The average Bonchev–Trinajstić information content (AvgIpc) is 2.85. The van der Waals surface area contributed by atoms with Crippen molar-refractivity contribution >= 4 is 0 Å². The van der Waals surface area contributed by atoms with Gasteiger partial charge in [-0.15, -0.1) is 13.2 Å². The summed E-state index contributed by atoms with van der Waals surface area (Å²) in [6, 6.07) is 14.0. The third-order valence-corrected chi connectivity index (χ3v) is 6.82. The lowest BCUT2D eigenvalue weighted by Gasteiger charge is -2.29. The number of alkyl halides is 3. The van der Waals surface area contributed by atoms with Crippen LogP contribution >= 0.6 is 0 Å². The first-order valence-electron chi connectivity index (χ1n) is 12.4. The van der Waals surface area contributed by atoms with Gasteiger partial charge in [0.25, 0.3) is 0 Å². The number of rotatable bonds is 8. The van der Waals surface area contributed by atoms with Crippen LogP contribution in [0.3, 0.4) is 0 Å². The highest BCUT2D eigenvalue weighted by Crippen LogP contribution is 2.40. The molecule has 0 N–H and O–H groups in total. The molecule has 1 aliphatic carbocycles. The van der Waals surface area contributed by atoms with Crippen LogP contribution in [0.5, 0.6) is 17.2 Å². The first kappa shape index (κ1) is 26.0. The Bertz CT molecular complexity index is 1150. The molecular weight excluding hydrogens is 475 g/mol. The fourth-order valence-corrected chi connectivity index (χ4v) is 4.91. The second-order valence-electron chi connectivity index (χ2n) is 9.34. The van der Waals surface area contributed by atoms with Crippen LogP contribution in [0.1, 0.15) is 63.4 Å². The summed E-state index contributed by atoms with van der Waals surface area (Å²) in [5.41, 5.74) is 1.13. The molecule has 7 heteroatoms. The summed E-state index contributed by atoms with van der Waals surface area (Å²) in [5, 5.41) is 0. The zero-order valence-electron chi connectivity index (χ0n) is 20.1. The van der Waals surface area contributed by atoms with E-state index in [0.29, 0.717) is 5.92 Å². The molecular formula is C29H29F5O2. The molecule has 0 saturated heterocycles. The number of ether oxygens (including phenoxy) is 2. The molecule has 0 aliphatic heterocycles. The lowest BCUT2D eigenvalue weighted by atomic mass is 9.77. The molecule has 1 saturated carbocycles. The molecule has 1 aliphatic rings. The molecule has 0 aromatic heterocycles. The minimum absolute atomic E-state index is 0.0526. The van der Waals surface area contributed by atoms with Gasteiger partial charge in [-0.05, 0) is 79.5 Å². The molecule has 0 atom stereocenters. The van der Waals surface area contributed by atoms with E-state index in [1.807, 2.05) is 6.07 Å². The van der Waals surface area contributed by atoms with Crippen molar-refractivity contribution < 1.29 is 31.4 Å². The van der Waals surface area contributed by atoms with Crippen LogP contribution in [-0.2, 0) is 0 Å². The molecule has 0 radical (unpaired) electrons. The van der Waals surface area contributed by atoms with Gasteiger partial charge in [-0.1, -0.05) is 50.5 Å². The van der Waals surface area contributed by atoms with Gasteiger partial charge in [0.05, 0.1) is 0 Å². The Balaban J connectivity index is 1.47. The van der Waals surface area contributed by atoms with E-state index in [1.165, 1.54) is 49.6 Å². The van der Waals surface area contributed by atoms with Crippen molar-refractivity contribution in [2.24, 2.45) is 5.92 Å². The van der Waals surface area contributed by atoms with Gasteiger partial charge in [-0.2, -0.15) is 0 Å². The van der Waals surface area contributed by atoms with Gasteiger partial charge in [0, 0.05) is 11.1 Å². The molecule has 4 rings (SSSR count). The summed E-state index contributed by atoms with van der Waals surface area (Å²) in [7, 11) is 0. The van der Waals surface area contributed by atoms with Crippen LogP contribution < -0.4 is 9.47 Å². The van der Waals surface area contributed by atoms with Crippen molar-refractivity contribution in [3.63, 3.8) is 0 Å². The summed E-state index contributed by atoms with van der Waals surface area (Å²) in [6.07, 6.45) is 3.31. The number of hydrogen-bond donors (Lipinski definition) is 0. The van der Waals surface area contributed by atoms with Crippen LogP contribution in [0.2, 0.25) is 0 Å². The predicted molar refractivity (Wildman–Crippen MR) is 129 cm³/mol. The fourth-order valence-electron chi connectivity index (χ4n) is 4.91. The highest BCUT2D eigenvalue weighted by Gasteiger charge is 2.31. The SMILES string of the molecule is CCCCC1CCC(c2ccc(-c3cccc(Oc4ccc(OC(F)(F)F)cc4)c3F)c(F)c2)CC1. The molecule has 0 bridgehead atoms. The normalized spacial score (nSPS) is 18.2. The van der Waals surface area contributed by atoms with Crippen molar-refractivity contribution in [2.75, 3.05) is 0 Å². The average molecular weight is 505 g/mol. The molecule has 0 amide bonds. The zero-order valence-corrected chi connectivity index (χ0v) is 20.1. The summed E-state index contributed by atoms with van der Waals surface area (Å²) >= 11 is 0. The highest BCUT2D eigenvalue weighted by molar-refractivity contribution is 5.67. The van der Waals surface area contributed by atoms with Crippen LogP contribution in [0.4, 0.5) is 22.0 Å². The lowest BCUT2D eigenvalue weighted by molar-refractivity contribution is -0.274. The second-order valence-corrected chi connectivity index (χ2v) is 9.34. The van der Waals surface area contributed by atoms with Crippen molar-refractivity contribution in [3.8, 4) is 28.4 Å². The van der Waals surface area contributed by atoms with Gasteiger partial charge < -0.3 is 9.47 Å². The molecule has 192 valence electrons. The highest BCUT2D eigenvalue weighted by atomic mass is 19.4. The van der Waals surface area contributed by atoms with E-state index in [-0.39, 0.29) is 22.6 Å². The maximum atomic E-state index is 15.3. The van der Waals surface area contributed by atoms with Crippen LogP contribution in [0.25, 0.3) is 11.1 Å². The van der Waals surface area contributed by atoms with Crippen molar-refractivity contribution in [2.45, 2.75) is 64.1 Å². The molecule has 3 aromatic carbocycles. The van der Waals surface area contributed by atoms with E-state index in [2.05, 4.69) is 11.7 Å². The molecule has 2 nitrogen and oxygen atoms in total. The minimum atomic E-state index is -4.81. The quantitative estimate of drug-likeness (QED) is 0.284. The Hall–Kier alpha value is -3.09. The number of hydrogen-bond acceptors (Lipinski definition) is 2. The Morgan fingerprint density at radius 1 is 0.833 bits per heavy atom. The van der Waals surface area contributed by atoms with E-state index in [0.717, 1.165) is 49.3 Å². The minimum Gasteiger partial charge on any atom is -0.454 e. The van der Waals surface area contributed by atoms with Crippen molar-refractivity contribution in [3.05, 3.63) is 77.9 Å². The summed E-state index contributed by atoms with van der Waals surface area (Å²) in [4.78, 5) is 0. The van der Waals surface area contributed by atoms with Crippen molar-refractivity contribution in [1.29, 1.82) is 0 Å². The zero-order chi connectivity index (χ0) is 25.7. The van der Waals surface area contributed by atoms with Gasteiger partial charge in [0.1, 0.15) is 17.3 Å². The number of halogens is 5. The van der Waals surface area contributed by atoms with Crippen LogP contribution in [0.15, 0.2) is 60.7 Å². The monoisotopic (exact) mass is 504 g/mol. The van der Waals surface area contributed by atoms with Gasteiger partial charge in [-0.25, -0.2) is 8.78 Å². The first-order valence-corrected chi connectivity index (χ1v) is 12.4. The van der Waals surface area contributed by atoms with E-state index < -0.39 is 23.7 Å². The van der Waals surface area contributed by atoms with Gasteiger partial charge in [0.15, 0.2) is 11.6 Å². The standard InChI is InChI=1S/C29H29F5O2/c1-2-3-5-19-8-10-20(11-9-19)21-12-17-24(26(30)18-21)25-6-4-7-27(28(25)31)35-22-13-15-23(16-14-22)36-29(32,33)34/h4,6-7,12-20H,2-3,5,8-11H2,1H3. The van der Waals surface area contributed by atoms with Crippen molar-refractivity contribution in [1.82, 2.24) is 0 Å². The van der Waals surface area contributed by atoms with Crippen LogP contribution in [0, 0.1) is 17.6 Å². The van der Waals surface area contributed by atoms with Gasteiger partial charge in [-0.3, -0.25) is 0 Å². The molecule has 36 heavy (non-hydrogen) atoms. The Labute approximate surface area is 208 Å². The fraction of sp³-hybridized carbons (Fsp3) is 0.379. The Morgan fingerprint density at radius 3 is 2.17 bits per heavy atom. The predicted octanol–water partition coefficient (Wildman–Crippen LogP) is 9.79. The van der Waals surface area contributed by atoms with E-state index in [4.69, 9.17) is 4.74 Å².